The summed E-state index contributed by atoms with van der Waals surface area (Å²) in [5, 5.41) is 11.2. The maximum absolute atomic E-state index is 12.8. The van der Waals surface area contributed by atoms with Gasteiger partial charge in [0.05, 0.1) is 13.2 Å². The predicted octanol–water partition coefficient (Wildman–Crippen LogP) is 2.32. The Bertz CT molecular complexity index is 732. The highest BCUT2D eigenvalue weighted by Crippen LogP contribution is 2.35. The summed E-state index contributed by atoms with van der Waals surface area (Å²) in [6.45, 7) is 2.47. The summed E-state index contributed by atoms with van der Waals surface area (Å²) in [4.78, 5) is 22.6. The molecule has 0 spiro atoms. The van der Waals surface area contributed by atoms with E-state index >= 15 is 0 Å². The van der Waals surface area contributed by atoms with Crippen LogP contribution in [0.3, 0.4) is 0 Å². The van der Waals surface area contributed by atoms with E-state index in [0.29, 0.717) is 19.4 Å². The Morgan fingerprint density at radius 2 is 2.12 bits per heavy atom. The number of carbonyl (C=O) groups excluding carboxylic acids is 1. The van der Waals surface area contributed by atoms with E-state index in [0.717, 1.165) is 29.8 Å². The molecule has 0 bridgehead atoms. The zero-order valence-electron chi connectivity index (χ0n) is 15.3. The SMILES string of the molecule is COc1ccc([C@@](C)(O)[C@H]2CCCN2C(=O)CCc2ccncn2)cc1. The van der Waals surface area contributed by atoms with Gasteiger partial charge in [0.1, 0.15) is 17.7 Å². The zero-order valence-corrected chi connectivity index (χ0v) is 15.3. The second-order valence-corrected chi connectivity index (χ2v) is 6.82. The quantitative estimate of drug-likeness (QED) is 0.861. The molecule has 2 atom stereocenters. The Kier molecular flexibility index (Phi) is 5.52. The topological polar surface area (TPSA) is 75.6 Å². The lowest BCUT2D eigenvalue weighted by Crippen LogP contribution is -2.48. The van der Waals surface area contributed by atoms with E-state index in [1.807, 2.05) is 35.2 Å². The molecule has 2 aromatic rings. The first-order chi connectivity index (χ1) is 12.5. The maximum atomic E-state index is 12.8. The van der Waals surface area contributed by atoms with Gasteiger partial charge in [-0.1, -0.05) is 12.1 Å². The Morgan fingerprint density at radius 3 is 2.77 bits per heavy atom. The fraction of sp³-hybridized carbons (Fsp3) is 0.450. The number of nitrogens with zero attached hydrogens (tertiary/aromatic N) is 3. The van der Waals surface area contributed by atoms with E-state index in [9.17, 15) is 9.90 Å². The highest BCUT2D eigenvalue weighted by atomic mass is 16.5. The van der Waals surface area contributed by atoms with Gasteiger partial charge in [-0.3, -0.25) is 4.79 Å². The molecule has 138 valence electrons. The number of aryl methyl sites for hydroxylation is 1. The summed E-state index contributed by atoms with van der Waals surface area (Å²) in [7, 11) is 1.61. The first-order valence-electron chi connectivity index (χ1n) is 8.93. The van der Waals surface area contributed by atoms with Crippen LogP contribution in [0.5, 0.6) is 5.75 Å². The van der Waals surface area contributed by atoms with Crippen LogP contribution in [-0.4, -0.2) is 45.6 Å². The molecule has 26 heavy (non-hydrogen) atoms. The molecule has 1 saturated heterocycles. The molecule has 1 aromatic carbocycles. The number of hydrogen-bond acceptors (Lipinski definition) is 5. The molecule has 0 aliphatic carbocycles. The van der Waals surface area contributed by atoms with Crippen molar-refractivity contribution in [2.45, 2.75) is 44.2 Å². The van der Waals surface area contributed by atoms with E-state index in [1.54, 1.807) is 20.2 Å². The van der Waals surface area contributed by atoms with E-state index in [2.05, 4.69) is 9.97 Å². The van der Waals surface area contributed by atoms with Crippen LogP contribution < -0.4 is 4.74 Å². The van der Waals surface area contributed by atoms with Crippen LogP contribution in [0, 0.1) is 0 Å². The normalized spacial score (nSPS) is 19.2. The summed E-state index contributed by atoms with van der Waals surface area (Å²) in [6, 6.07) is 8.98. The van der Waals surface area contributed by atoms with Crippen LogP contribution in [0.1, 0.15) is 37.4 Å². The molecular formula is C20H25N3O3. The second kappa shape index (κ2) is 7.83. The molecule has 1 aromatic heterocycles. The summed E-state index contributed by atoms with van der Waals surface area (Å²) < 4.78 is 5.18. The third-order valence-corrected chi connectivity index (χ3v) is 5.13. The minimum absolute atomic E-state index is 0.0555. The van der Waals surface area contributed by atoms with Crippen LogP contribution in [0.25, 0.3) is 0 Å². The van der Waals surface area contributed by atoms with E-state index in [-0.39, 0.29) is 11.9 Å². The smallest absolute Gasteiger partial charge is 0.223 e. The monoisotopic (exact) mass is 355 g/mol. The number of amides is 1. The Balaban J connectivity index is 1.70. The summed E-state index contributed by atoms with van der Waals surface area (Å²) in [6.07, 6.45) is 5.82. The number of rotatable bonds is 6. The van der Waals surface area contributed by atoms with Crippen molar-refractivity contribution in [1.82, 2.24) is 14.9 Å². The van der Waals surface area contributed by atoms with Gasteiger partial charge < -0.3 is 14.7 Å². The van der Waals surface area contributed by atoms with Gasteiger partial charge in [-0.25, -0.2) is 9.97 Å². The third kappa shape index (κ3) is 3.85. The fourth-order valence-corrected chi connectivity index (χ4v) is 3.62. The predicted molar refractivity (Wildman–Crippen MR) is 97.7 cm³/mol. The number of benzene rings is 1. The second-order valence-electron chi connectivity index (χ2n) is 6.82. The lowest BCUT2D eigenvalue weighted by atomic mass is 9.86. The third-order valence-electron chi connectivity index (χ3n) is 5.13. The first kappa shape index (κ1) is 18.3. The van der Waals surface area contributed by atoms with Gasteiger partial charge in [-0.2, -0.15) is 0 Å². The van der Waals surface area contributed by atoms with Crippen molar-refractivity contribution < 1.29 is 14.6 Å². The van der Waals surface area contributed by atoms with E-state index < -0.39 is 5.60 Å². The van der Waals surface area contributed by atoms with Crippen LogP contribution in [0.4, 0.5) is 0 Å². The van der Waals surface area contributed by atoms with Crippen molar-refractivity contribution in [3.8, 4) is 5.75 Å². The van der Waals surface area contributed by atoms with Crippen molar-refractivity contribution in [2.75, 3.05) is 13.7 Å². The largest absolute Gasteiger partial charge is 0.497 e. The first-order valence-corrected chi connectivity index (χ1v) is 8.93. The van der Waals surface area contributed by atoms with Gasteiger partial charge in [0.2, 0.25) is 5.91 Å². The number of carbonyl (C=O) groups is 1. The van der Waals surface area contributed by atoms with E-state index in [4.69, 9.17) is 4.74 Å². The zero-order chi connectivity index (χ0) is 18.6. The number of aromatic nitrogens is 2. The average molecular weight is 355 g/mol. The van der Waals surface area contributed by atoms with Gasteiger partial charge in [-0.05, 0) is 49.9 Å². The standard InChI is InChI=1S/C20H25N3O3/c1-20(25,15-5-8-17(26-2)9-6-15)18-4-3-13-23(18)19(24)10-7-16-11-12-21-14-22-16/h5-6,8-9,11-12,14,18,25H,3-4,7,10,13H2,1-2H3/t18-,20-/m1/s1. The lowest BCUT2D eigenvalue weighted by molar-refractivity contribution is -0.137. The van der Waals surface area contributed by atoms with Crippen LogP contribution >= 0.6 is 0 Å². The highest BCUT2D eigenvalue weighted by molar-refractivity contribution is 5.77. The van der Waals surface area contributed by atoms with Gasteiger partial charge in [0.15, 0.2) is 0 Å². The molecule has 0 radical (unpaired) electrons. The molecule has 0 saturated carbocycles. The molecule has 1 amide bonds. The van der Waals surface area contributed by atoms with Gasteiger partial charge >= 0.3 is 0 Å². The lowest BCUT2D eigenvalue weighted by Gasteiger charge is -2.37. The molecule has 2 heterocycles. The minimum Gasteiger partial charge on any atom is -0.497 e. The molecule has 1 N–H and O–H groups in total. The minimum atomic E-state index is -1.10. The molecule has 3 rings (SSSR count). The molecule has 0 unspecified atom stereocenters. The highest BCUT2D eigenvalue weighted by Gasteiger charge is 2.42. The van der Waals surface area contributed by atoms with Crippen LogP contribution in [0.15, 0.2) is 42.9 Å². The Labute approximate surface area is 153 Å². The average Bonchev–Trinajstić information content (AvgIpc) is 3.18. The summed E-state index contributed by atoms with van der Waals surface area (Å²) in [5.41, 5.74) is 0.540. The van der Waals surface area contributed by atoms with Crippen LogP contribution in [-0.2, 0) is 16.8 Å². The maximum Gasteiger partial charge on any atom is 0.223 e. The van der Waals surface area contributed by atoms with Crippen molar-refractivity contribution in [3.05, 3.63) is 54.1 Å². The van der Waals surface area contributed by atoms with Gasteiger partial charge in [-0.15, -0.1) is 0 Å². The molecule has 6 heteroatoms. The Morgan fingerprint density at radius 1 is 1.35 bits per heavy atom. The number of ether oxygens (including phenoxy) is 1. The van der Waals surface area contributed by atoms with Gasteiger partial charge in [0, 0.05) is 24.9 Å². The molecule has 6 nitrogen and oxygen atoms in total. The number of hydrogen-bond donors (Lipinski definition) is 1. The number of likely N-dealkylation sites (tertiary alicyclic amines) is 1. The van der Waals surface area contributed by atoms with Crippen molar-refractivity contribution in [3.63, 3.8) is 0 Å². The number of methoxy groups -OCH3 is 1. The molecule has 1 aliphatic rings. The summed E-state index contributed by atoms with van der Waals surface area (Å²) in [5.74, 6) is 0.800. The number of aliphatic hydroxyl groups is 1. The molecule has 1 aliphatic heterocycles. The van der Waals surface area contributed by atoms with Crippen molar-refractivity contribution >= 4 is 5.91 Å². The van der Waals surface area contributed by atoms with Crippen LogP contribution in [0.2, 0.25) is 0 Å². The fourth-order valence-electron chi connectivity index (χ4n) is 3.62. The molecule has 1 fully saturated rings. The van der Waals surface area contributed by atoms with Crippen molar-refractivity contribution in [2.24, 2.45) is 0 Å². The summed E-state index contributed by atoms with van der Waals surface area (Å²) >= 11 is 0. The van der Waals surface area contributed by atoms with Crippen molar-refractivity contribution in [1.29, 1.82) is 0 Å². The van der Waals surface area contributed by atoms with Gasteiger partial charge in [0.25, 0.3) is 0 Å². The Hall–Kier alpha value is -2.47. The molecular weight excluding hydrogens is 330 g/mol. The van der Waals surface area contributed by atoms with E-state index in [1.165, 1.54) is 6.33 Å².